The molecule has 3 N–H and O–H groups in total. The van der Waals surface area contributed by atoms with Crippen LogP contribution in [-0.2, 0) is 14.3 Å². The lowest BCUT2D eigenvalue weighted by atomic mass is 10.1. The minimum atomic E-state index is -0.524. The van der Waals surface area contributed by atoms with Crippen LogP contribution in [0.25, 0.3) is 6.08 Å². The molecule has 0 radical (unpaired) electrons. The van der Waals surface area contributed by atoms with E-state index in [0.29, 0.717) is 29.1 Å². The molecule has 0 bridgehead atoms. The number of nitrogens with zero attached hydrogens (tertiary/aromatic N) is 1. The third kappa shape index (κ3) is 7.58. The average molecular weight is 466 g/mol. The highest BCUT2D eigenvalue weighted by Gasteiger charge is 2.20. The van der Waals surface area contributed by atoms with Gasteiger partial charge in [-0.15, -0.1) is 0 Å². The molecule has 2 aromatic carbocycles. The molecule has 0 fully saturated rings. The Labute approximate surface area is 199 Å². The van der Waals surface area contributed by atoms with Crippen LogP contribution in [0, 0.1) is 5.41 Å². The molecule has 0 aliphatic rings. The van der Waals surface area contributed by atoms with Gasteiger partial charge in [-0.3, -0.25) is 15.0 Å². The molecule has 2 aromatic rings. The van der Waals surface area contributed by atoms with Gasteiger partial charge in [0.25, 0.3) is 0 Å². The summed E-state index contributed by atoms with van der Waals surface area (Å²) in [6.45, 7) is 7.83. The Morgan fingerprint density at radius 3 is 2.15 bits per heavy atom. The SMILES string of the molecule is CCOC(=O)CCN(C(=O)/C(C)=C/c1ccc(C(=O)Oc2ccc(C(=N)N)cc2)cc1)C(C)C. The normalized spacial score (nSPS) is 11.1. The lowest BCUT2D eigenvalue weighted by Gasteiger charge is -2.26. The van der Waals surface area contributed by atoms with Gasteiger partial charge in [0.05, 0.1) is 18.6 Å². The number of carbonyl (C=O) groups excluding carboxylic acids is 3. The molecular weight excluding hydrogens is 434 g/mol. The standard InChI is InChI=1S/C26H31N3O5/c1-5-33-23(30)14-15-29(17(2)3)25(31)18(4)16-19-6-8-21(9-7-19)26(32)34-22-12-10-20(11-13-22)24(27)28/h6-13,16-17H,5,14-15H2,1-4H3,(H3,27,28)/b18-16+. The van der Waals surface area contributed by atoms with E-state index in [0.717, 1.165) is 5.56 Å². The van der Waals surface area contributed by atoms with Crippen molar-refractivity contribution in [2.24, 2.45) is 5.73 Å². The summed E-state index contributed by atoms with van der Waals surface area (Å²) in [7, 11) is 0. The molecule has 0 spiro atoms. The van der Waals surface area contributed by atoms with Gasteiger partial charge in [-0.25, -0.2) is 4.79 Å². The lowest BCUT2D eigenvalue weighted by Crippen LogP contribution is -2.39. The first-order valence-corrected chi connectivity index (χ1v) is 11.0. The molecule has 34 heavy (non-hydrogen) atoms. The smallest absolute Gasteiger partial charge is 0.343 e. The van der Waals surface area contributed by atoms with Gasteiger partial charge in [0, 0.05) is 23.7 Å². The van der Waals surface area contributed by atoms with Gasteiger partial charge in [-0.05, 0) is 75.7 Å². The highest BCUT2D eigenvalue weighted by Crippen LogP contribution is 2.16. The topological polar surface area (TPSA) is 123 Å². The number of hydrogen-bond donors (Lipinski definition) is 2. The zero-order valence-corrected chi connectivity index (χ0v) is 20.0. The Bertz CT molecular complexity index is 1060. The fourth-order valence-corrected chi connectivity index (χ4v) is 3.16. The number of ether oxygens (including phenoxy) is 2. The number of amidine groups is 1. The number of benzene rings is 2. The van der Waals surface area contributed by atoms with E-state index in [2.05, 4.69) is 0 Å². The van der Waals surface area contributed by atoms with E-state index in [9.17, 15) is 14.4 Å². The van der Waals surface area contributed by atoms with Gasteiger partial charge in [-0.2, -0.15) is 0 Å². The quantitative estimate of drug-likeness (QED) is 0.181. The van der Waals surface area contributed by atoms with Gasteiger partial charge < -0.3 is 20.1 Å². The number of rotatable bonds is 10. The van der Waals surface area contributed by atoms with Crippen LogP contribution < -0.4 is 10.5 Å². The summed E-state index contributed by atoms with van der Waals surface area (Å²) in [4.78, 5) is 38.6. The van der Waals surface area contributed by atoms with E-state index in [1.54, 1.807) is 73.4 Å². The minimum absolute atomic E-state index is 0.0641. The zero-order valence-electron chi connectivity index (χ0n) is 20.0. The molecule has 0 saturated heterocycles. The molecule has 0 aliphatic carbocycles. The fourth-order valence-electron chi connectivity index (χ4n) is 3.16. The lowest BCUT2D eigenvalue weighted by molar-refractivity contribution is -0.144. The second-order valence-corrected chi connectivity index (χ2v) is 7.92. The van der Waals surface area contributed by atoms with Crippen LogP contribution >= 0.6 is 0 Å². The van der Waals surface area contributed by atoms with Gasteiger partial charge in [0.15, 0.2) is 0 Å². The molecule has 8 heteroatoms. The summed E-state index contributed by atoms with van der Waals surface area (Å²) in [5, 5.41) is 7.40. The monoisotopic (exact) mass is 465 g/mol. The highest BCUT2D eigenvalue weighted by atomic mass is 16.5. The molecule has 0 atom stereocenters. The summed E-state index contributed by atoms with van der Waals surface area (Å²) >= 11 is 0. The first kappa shape index (κ1) is 26.3. The zero-order chi connectivity index (χ0) is 25.3. The number of nitrogens with one attached hydrogen (secondary N) is 1. The van der Waals surface area contributed by atoms with Crippen LogP contribution in [0.4, 0.5) is 0 Å². The van der Waals surface area contributed by atoms with Crippen LogP contribution in [0.2, 0.25) is 0 Å². The maximum absolute atomic E-state index is 12.9. The van der Waals surface area contributed by atoms with E-state index in [1.807, 2.05) is 13.8 Å². The van der Waals surface area contributed by atoms with E-state index >= 15 is 0 Å². The molecule has 1 amide bonds. The predicted octanol–water partition coefficient (Wildman–Crippen LogP) is 3.78. The third-order valence-electron chi connectivity index (χ3n) is 4.99. The van der Waals surface area contributed by atoms with Gasteiger partial charge >= 0.3 is 11.9 Å². The maximum Gasteiger partial charge on any atom is 0.343 e. The minimum Gasteiger partial charge on any atom is -0.466 e. The van der Waals surface area contributed by atoms with Crippen LogP contribution in [0.5, 0.6) is 5.75 Å². The number of hydrogen-bond acceptors (Lipinski definition) is 6. The Kier molecular flexibility index (Phi) is 9.55. The Morgan fingerprint density at radius 1 is 1.03 bits per heavy atom. The molecule has 0 aromatic heterocycles. The number of nitrogen functional groups attached to an aromatic ring is 1. The Hall–Kier alpha value is -3.94. The van der Waals surface area contributed by atoms with Gasteiger partial charge in [0.1, 0.15) is 11.6 Å². The highest BCUT2D eigenvalue weighted by molar-refractivity contribution is 5.98. The van der Waals surface area contributed by atoms with Crippen molar-refractivity contribution in [3.05, 3.63) is 70.8 Å². The van der Waals surface area contributed by atoms with Crippen molar-refractivity contribution in [1.29, 1.82) is 5.41 Å². The van der Waals surface area contributed by atoms with Crippen molar-refractivity contribution in [2.45, 2.75) is 40.2 Å². The van der Waals surface area contributed by atoms with E-state index in [-0.39, 0.29) is 36.7 Å². The van der Waals surface area contributed by atoms with E-state index in [1.165, 1.54) is 0 Å². The second kappa shape index (κ2) is 12.3. The van der Waals surface area contributed by atoms with Crippen LogP contribution in [-0.4, -0.2) is 47.8 Å². The maximum atomic E-state index is 12.9. The van der Waals surface area contributed by atoms with Crippen LogP contribution in [0.1, 0.15) is 55.6 Å². The molecule has 0 aliphatic heterocycles. The Morgan fingerprint density at radius 2 is 1.62 bits per heavy atom. The first-order valence-electron chi connectivity index (χ1n) is 11.0. The number of amides is 1. The van der Waals surface area contributed by atoms with E-state index < -0.39 is 5.97 Å². The van der Waals surface area contributed by atoms with Crippen molar-refractivity contribution in [3.63, 3.8) is 0 Å². The number of esters is 2. The van der Waals surface area contributed by atoms with Crippen LogP contribution in [0.15, 0.2) is 54.1 Å². The van der Waals surface area contributed by atoms with Gasteiger partial charge in [-0.1, -0.05) is 12.1 Å². The first-order chi connectivity index (χ1) is 16.1. The van der Waals surface area contributed by atoms with Crippen molar-refractivity contribution >= 4 is 29.8 Å². The molecule has 8 nitrogen and oxygen atoms in total. The van der Waals surface area contributed by atoms with Crippen molar-refractivity contribution in [2.75, 3.05) is 13.2 Å². The summed E-state index contributed by atoms with van der Waals surface area (Å²) in [5.41, 5.74) is 7.58. The average Bonchev–Trinajstić information content (AvgIpc) is 2.79. The largest absolute Gasteiger partial charge is 0.466 e. The molecule has 180 valence electrons. The molecular formula is C26H31N3O5. The predicted molar refractivity (Wildman–Crippen MR) is 131 cm³/mol. The number of carbonyl (C=O) groups is 3. The molecule has 0 heterocycles. The summed E-state index contributed by atoms with van der Waals surface area (Å²) in [6.07, 6.45) is 1.87. The second-order valence-electron chi connectivity index (χ2n) is 7.92. The fraction of sp³-hybridized carbons (Fsp3) is 0.308. The van der Waals surface area contributed by atoms with Gasteiger partial charge in [0.2, 0.25) is 5.91 Å². The van der Waals surface area contributed by atoms with Crippen molar-refractivity contribution < 1.29 is 23.9 Å². The summed E-state index contributed by atoms with van der Waals surface area (Å²) in [5.74, 6) is -0.747. The van der Waals surface area contributed by atoms with Crippen LogP contribution in [0.3, 0.4) is 0 Å². The van der Waals surface area contributed by atoms with E-state index in [4.69, 9.17) is 20.6 Å². The molecule has 0 saturated carbocycles. The number of nitrogens with two attached hydrogens (primary N) is 1. The van der Waals surface area contributed by atoms with Crippen molar-refractivity contribution in [3.8, 4) is 5.75 Å². The Balaban J connectivity index is 2.04. The van der Waals surface area contributed by atoms with Crippen molar-refractivity contribution in [1.82, 2.24) is 4.90 Å². The third-order valence-corrected chi connectivity index (χ3v) is 4.99. The summed E-state index contributed by atoms with van der Waals surface area (Å²) in [6, 6.07) is 13.0. The molecule has 2 rings (SSSR count). The summed E-state index contributed by atoms with van der Waals surface area (Å²) < 4.78 is 10.3. The molecule has 0 unspecified atom stereocenters.